The molecule has 0 radical (unpaired) electrons. The van der Waals surface area contributed by atoms with Crippen LogP contribution in [-0.4, -0.2) is 73.6 Å². The Morgan fingerprint density at radius 2 is 2.00 bits per heavy atom. The molecule has 1 aromatic rings. The van der Waals surface area contributed by atoms with Gasteiger partial charge in [0.25, 0.3) is 0 Å². The number of anilines is 1. The summed E-state index contributed by atoms with van der Waals surface area (Å²) in [6, 6.07) is 6.01. The lowest BCUT2D eigenvalue weighted by atomic mass is 9.93. The van der Waals surface area contributed by atoms with Crippen LogP contribution in [0.15, 0.2) is 24.4 Å². The zero-order valence-electron chi connectivity index (χ0n) is 15.2. The second-order valence-corrected chi connectivity index (χ2v) is 7.38. The number of rotatable bonds is 7. The molecule has 134 valence electrons. The first-order valence-corrected chi connectivity index (χ1v) is 8.74. The minimum absolute atomic E-state index is 0.0290. The van der Waals surface area contributed by atoms with E-state index in [1.165, 1.54) is 0 Å². The van der Waals surface area contributed by atoms with Crippen LogP contribution in [0.1, 0.15) is 20.3 Å². The topological polar surface area (TPSA) is 65.7 Å². The van der Waals surface area contributed by atoms with Crippen LogP contribution < -0.4 is 10.6 Å². The van der Waals surface area contributed by atoms with E-state index >= 15 is 0 Å². The van der Waals surface area contributed by atoms with Gasteiger partial charge in [0.15, 0.2) is 0 Å². The average Bonchev–Trinajstić information content (AvgIpc) is 2.60. The molecule has 2 N–H and O–H groups in total. The summed E-state index contributed by atoms with van der Waals surface area (Å²) in [4.78, 5) is 23.2. The van der Waals surface area contributed by atoms with Gasteiger partial charge in [-0.15, -0.1) is 0 Å². The van der Waals surface area contributed by atoms with Gasteiger partial charge in [0.05, 0.1) is 0 Å². The van der Waals surface area contributed by atoms with Crippen molar-refractivity contribution in [2.24, 2.45) is 11.1 Å². The Morgan fingerprint density at radius 1 is 1.29 bits per heavy atom. The van der Waals surface area contributed by atoms with Crippen molar-refractivity contribution in [1.29, 1.82) is 0 Å². The first-order chi connectivity index (χ1) is 11.4. The average molecular weight is 333 g/mol. The molecule has 1 aliphatic rings. The van der Waals surface area contributed by atoms with Gasteiger partial charge in [-0.25, -0.2) is 4.98 Å². The quantitative estimate of drug-likeness (QED) is 0.807. The molecule has 1 fully saturated rings. The summed E-state index contributed by atoms with van der Waals surface area (Å²) in [7, 11) is 1.87. The normalized spacial score (nSPS) is 16.2. The Hall–Kier alpha value is -1.66. The van der Waals surface area contributed by atoms with E-state index in [0.29, 0.717) is 19.5 Å². The maximum absolute atomic E-state index is 12.3. The summed E-state index contributed by atoms with van der Waals surface area (Å²) >= 11 is 0. The molecule has 6 nitrogen and oxygen atoms in total. The Labute approximate surface area is 145 Å². The van der Waals surface area contributed by atoms with Crippen molar-refractivity contribution in [3.63, 3.8) is 0 Å². The fourth-order valence-electron chi connectivity index (χ4n) is 2.98. The van der Waals surface area contributed by atoms with Crippen molar-refractivity contribution in [2.45, 2.75) is 20.3 Å². The zero-order chi connectivity index (χ0) is 17.6. The van der Waals surface area contributed by atoms with Gasteiger partial charge >= 0.3 is 0 Å². The fraction of sp³-hybridized carbons (Fsp3) is 0.667. The van der Waals surface area contributed by atoms with Gasteiger partial charge in [0.2, 0.25) is 5.91 Å². The number of hydrogen-bond acceptors (Lipinski definition) is 5. The number of aromatic nitrogens is 1. The van der Waals surface area contributed by atoms with Crippen LogP contribution >= 0.6 is 0 Å². The molecule has 0 aromatic carbocycles. The van der Waals surface area contributed by atoms with Gasteiger partial charge in [-0.1, -0.05) is 19.9 Å². The van der Waals surface area contributed by atoms with Gasteiger partial charge in [-0.2, -0.15) is 0 Å². The minimum Gasteiger partial charge on any atom is -0.354 e. The Balaban J connectivity index is 1.71. The predicted molar refractivity (Wildman–Crippen MR) is 98.0 cm³/mol. The molecule has 0 aliphatic carbocycles. The molecule has 0 bridgehead atoms. The molecular weight excluding hydrogens is 302 g/mol. The van der Waals surface area contributed by atoms with Crippen molar-refractivity contribution in [3.8, 4) is 0 Å². The van der Waals surface area contributed by atoms with Crippen molar-refractivity contribution in [2.75, 3.05) is 57.8 Å². The van der Waals surface area contributed by atoms with E-state index in [1.54, 1.807) is 0 Å². The van der Waals surface area contributed by atoms with E-state index < -0.39 is 0 Å². The Morgan fingerprint density at radius 3 is 2.58 bits per heavy atom. The van der Waals surface area contributed by atoms with Crippen LogP contribution in [0.5, 0.6) is 0 Å². The van der Waals surface area contributed by atoms with Crippen molar-refractivity contribution >= 4 is 11.7 Å². The fourth-order valence-corrected chi connectivity index (χ4v) is 2.98. The number of pyridine rings is 1. The van der Waals surface area contributed by atoms with Gasteiger partial charge in [0.1, 0.15) is 5.82 Å². The summed E-state index contributed by atoms with van der Waals surface area (Å²) in [6.45, 7) is 10.2. The number of nitrogens with zero attached hydrogens (tertiary/aromatic N) is 4. The molecule has 24 heavy (non-hydrogen) atoms. The van der Waals surface area contributed by atoms with E-state index in [9.17, 15) is 4.79 Å². The smallest absolute Gasteiger partial charge is 0.223 e. The minimum atomic E-state index is -0.0290. The third kappa shape index (κ3) is 5.46. The molecule has 0 unspecified atom stereocenters. The summed E-state index contributed by atoms with van der Waals surface area (Å²) < 4.78 is 0. The lowest BCUT2D eigenvalue weighted by Gasteiger charge is -2.35. The SMILES string of the molecule is CN(CC(C)(C)CN)C(=O)CCN1CCN(c2ccccn2)CC1. The number of hydrogen-bond donors (Lipinski definition) is 1. The van der Waals surface area contributed by atoms with Gasteiger partial charge in [0, 0.05) is 58.9 Å². The van der Waals surface area contributed by atoms with Crippen molar-refractivity contribution < 1.29 is 4.79 Å². The largest absolute Gasteiger partial charge is 0.354 e. The maximum Gasteiger partial charge on any atom is 0.223 e. The summed E-state index contributed by atoms with van der Waals surface area (Å²) in [5.74, 6) is 1.24. The van der Waals surface area contributed by atoms with Crippen LogP contribution in [0.4, 0.5) is 5.82 Å². The van der Waals surface area contributed by atoms with E-state index in [-0.39, 0.29) is 11.3 Å². The number of nitrogens with two attached hydrogens (primary N) is 1. The molecule has 1 aromatic heterocycles. The molecule has 1 saturated heterocycles. The summed E-state index contributed by atoms with van der Waals surface area (Å²) in [5, 5.41) is 0. The molecule has 6 heteroatoms. The number of carbonyl (C=O) groups excluding carboxylic acids is 1. The van der Waals surface area contributed by atoms with Gasteiger partial charge in [-0.05, 0) is 24.1 Å². The van der Waals surface area contributed by atoms with E-state index in [2.05, 4.69) is 28.6 Å². The summed E-state index contributed by atoms with van der Waals surface area (Å²) in [6.07, 6.45) is 2.40. The van der Waals surface area contributed by atoms with Gasteiger partial charge < -0.3 is 15.5 Å². The second kappa shape index (κ2) is 8.44. The third-order valence-corrected chi connectivity index (χ3v) is 4.63. The highest BCUT2D eigenvalue weighted by Crippen LogP contribution is 2.15. The second-order valence-electron chi connectivity index (χ2n) is 7.38. The lowest BCUT2D eigenvalue weighted by molar-refractivity contribution is -0.131. The first-order valence-electron chi connectivity index (χ1n) is 8.74. The standard InChI is InChI=1S/C18H31N5O/c1-18(2,14-19)15-21(3)17(24)7-9-22-10-12-23(13-11-22)16-6-4-5-8-20-16/h4-6,8H,7,9-15,19H2,1-3H3. The Bertz CT molecular complexity index is 511. The molecular formula is C18H31N5O. The molecule has 2 heterocycles. The van der Waals surface area contributed by atoms with Crippen LogP contribution in [0.25, 0.3) is 0 Å². The number of piperazine rings is 1. The molecule has 0 atom stereocenters. The number of amides is 1. The van der Waals surface area contributed by atoms with E-state index in [0.717, 1.165) is 38.5 Å². The Kier molecular flexibility index (Phi) is 6.57. The van der Waals surface area contributed by atoms with E-state index in [1.807, 2.05) is 36.3 Å². The highest BCUT2D eigenvalue weighted by atomic mass is 16.2. The number of carbonyl (C=O) groups is 1. The maximum atomic E-state index is 12.3. The first kappa shape index (κ1) is 18.7. The zero-order valence-corrected chi connectivity index (χ0v) is 15.2. The van der Waals surface area contributed by atoms with Crippen LogP contribution in [0, 0.1) is 5.41 Å². The van der Waals surface area contributed by atoms with Crippen molar-refractivity contribution in [3.05, 3.63) is 24.4 Å². The van der Waals surface area contributed by atoms with Crippen molar-refractivity contribution in [1.82, 2.24) is 14.8 Å². The molecule has 0 saturated carbocycles. The summed E-state index contributed by atoms with van der Waals surface area (Å²) in [5.41, 5.74) is 5.72. The lowest BCUT2D eigenvalue weighted by Crippen LogP contribution is -2.48. The monoisotopic (exact) mass is 333 g/mol. The van der Waals surface area contributed by atoms with Crippen LogP contribution in [0.3, 0.4) is 0 Å². The molecule has 2 rings (SSSR count). The molecule has 0 spiro atoms. The van der Waals surface area contributed by atoms with E-state index in [4.69, 9.17) is 5.73 Å². The molecule has 1 aliphatic heterocycles. The third-order valence-electron chi connectivity index (χ3n) is 4.63. The predicted octanol–water partition coefficient (Wildman–Crippen LogP) is 1.04. The van der Waals surface area contributed by atoms with Crippen LogP contribution in [0.2, 0.25) is 0 Å². The van der Waals surface area contributed by atoms with Crippen LogP contribution in [-0.2, 0) is 4.79 Å². The highest BCUT2D eigenvalue weighted by Gasteiger charge is 2.22. The van der Waals surface area contributed by atoms with Gasteiger partial charge in [-0.3, -0.25) is 9.69 Å². The highest BCUT2D eigenvalue weighted by molar-refractivity contribution is 5.76. The molecule has 1 amide bonds.